The van der Waals surface area contributed by atoms with Crippen LogP contribution in [0.1, 0.15) is 26.2 Å². The number of unbranched alkanes of at least 4 members (excludes halogenated alkanes) is 2. The van der Waals surface area contributed by atoms with E-state index < -0.39 is 0 Å². The maximum atomic E-state index is 11.7. The van der Waals surface area contributed by atoms with Gasteiger partial charge in [0.25, 0.3) is 5.56 Å². The van der Waals surface area contributed by atoms with Crippen LogP contribution in [0, 0.1) is 11.3 Å². The fraction of sp³-hybridized carbons (Fsp3) is 0.545. The van der Waals surface area contributed by atoms with Crippen LogP contribution in [0.3, 0.4) is 0 Å². The van der Waals surface area contributed by atoms with Gasteiger partial charge in [-0.1, -0.05) is 0 Å². The molecule has 0 fully saturated rings. The summed E-state index contributed by atoms with van der Waals surface area (Å²) in [7, 11) is 0. The zero-order valence-corrected chi connectivity index (χ0v) is 9.35. The van der Waals surface area contributed by atoms with Crippen molar-refractivity contribution in [1.82, 2.24) is 9.13 Å². The summed E-state index contributed by atoms with van der Waals surface area (Å²) in [5, 5.41) is 8.37. The SMILES string of the molecule is CCn1ccc(=O)n(CCCCC#N)c1=O. The van der Waals surface area contributed by atoms with Crippen LogP contribution in [-0.2, 0) is 13.1 Å². The second-order valence-corrected chi connectivity index (χ2v) is 3.49. The molecule has 0 spiro atoms. The van der Waals surface area contributed by atoms with E-state index in [9.17, 15) is 9.59 Å². The highest BCUT2D eigenvalue weighted by Crippen LogP contribution is 1.94. The van der Waals surface area contributed by atoms with E-state index in [0.717, 1.165) is 0 Å². The Morgan fingerprint density at radius 3 is 2.75 bits per heavy atom. The summed E-state index contributed by atoms with van der Waals surface area (Å²) >= 11 is 0. The van der Waals surface area contributed by atoms with Gasteiger partial charge in [-0.05, 0) is 19.8 Å². The molecule has 86 valence electrons. The lowest BCUT2D eigenvalue weighted by molar-refractivity contribution is 0.534. The summed E-state index contributed by atoms with van der Waals surface area (Å²) in [6.45, 7) is 2.80. The summed E-state index contributed by atoms with van der Waals surface area (Å²) in [5.74, 6) is 0. The molecule has 0 radical (unpaired) electrons. The third-order valence-electron chi connectivity index (χ3n) is 2.40. The van der Waals surface area contributed by atoms with Gasteiger partial charge >= 0.3 is 5.69 Å². The molecule has 0 saturated carbocycles. The van der Waals surface area contributed by atoms with E-state index in [-0.39, 0.29) is 11.2 Å². The number of aromatic nitrogens is 2. The van der Waals surface area contributed by atoms with E-state index >= 15 is 0 Å². The van der Waals surface area contributed by atoms with E-state index in [1.807, 2.05) is 13.0 Å². The van der Waals surface area contributed by atoms with E-state index in [1.165, 1.54) is 21.4 Å². The minimum atomic E-state index is -0.272. The number of rotatable bonds is 5. The standard InChI is InChI=1S/C11H15N3O2/c1-2-13-9-6-10(15)14(11(13)16)8-5-3-4-7-12/h6,9H,2-5,8H2,1H3. The summed E-state index contributed by atoms with van der Waals surface area (Å²) in [4.78, 5) is 23.2. The molecule has 5 nitrogen and oxygen atoms in total. The quantitative estimate of drug-likeness (QED) is 0.688. The maximum absolute atomic E-state index is 11.7. The first-order valence-electron chi connectivity index (χ1n) is 5.38. The molecule has 0 aliphatic heterocycles. The van der Waals surface area contributed by atoms with Gasteiger partial charge in [0.2, 0.25) is 0 Å². The second-order valence-electron chi connectivity index (χ2n) is 3.49. The maximum Gasteiger partial charge on any atom is 0.330 e. The van der Waals surface area contributed by atoms with Crippen molar-refractivity contribution < 1.29 is 0 Å². The molecule has 0 saturated heterocycles. The highest BCUT2D eigenvalue weighted by molar-refractivity contribution is 4.86. The Balaban J connectivity index is 2.83. The minimum Gasteiger partial charge on any atom is -0.301 e. The molecule has 0 amide bonds. The van der Waals surface area contributed by atoms with Gasteiger partial charge in [0.15, 0.2) is 0 Å². The Bertz CT molecular complexity index is 493. The summed E-state index contributed by atoms with van der Waals surface area (Å²) in [5.41, 5.74) is -0.543. The summed E-state index contributed by atoms with van der Waals surface area (Å²) < 4.78 is 2.71. The Morgan fingerprint density at radius 1 is 1.38 bits per heavy atom. The molecule has 0 aliphatic carbocycles. The van der Waals surface area contributed by atoms with E-state index in [1.54, 1.807) is 0 Å². The van der Waals surface area contributed by atoms with Crippen molar-refractivity contribution in [2.75, 3.05) is 0 Å². The molecule has 5 heteroatoms. The first-order chi connectivity index (χ1) is 7.70. The molecule has 1 rings (SSSR count). The first-order valence-corrected chi connectivity index (χ1v) is 5.38. The van der Waals surface area contributed by atoms with Gasteiger partial charge in [0.05, 0.1) is 6.07 Å². The Morgan fingerprint density at radius 2 is 2.12 bits per heavy atom. The second kappa shape index (κ2) is 5.91. The monoisotopic (exact) mass is 221 g/mol. The third kappa shape index (κ3) is 2.83. The largest absolute Gasteiger partial charge is 0.330 e. The predicted molar refractivity (Wildman–Crippen MR) is 60.1 cm³/mol. The van der Waals surface area contributed by atoms with Crippen molar-refractivity contribution >= 4 is 0 Å². The van der Waals surface area contributed by atoms with Gasteiger partial charge in [0, 0.05) is 31.8 Å². The highest BCUT2D eigenvalue weighted by atomic mass is 16.2. The van der Waals surface area contributed by atoms with Crippen LogP contribution in [0.5, 0.6) is 0 Å². The lowest BCUT2D eigenvalue weighted by Gasteiger charge is -2.07. The van der Waals surface area contributed by atoms with Crippen LogP contribution >= 0.6 is 0 Å². The lowest BCUT2D eigenvalue weighted by atomic mass is 10.2. The molecule has 0 bridgehead atoms. The first kappa shape index (κ1) is 12.2. The van der Waals surface area contributed by atoms with E-state index in [4.69, 9.17) is 5.26 Å². The smallest absolute Gasteiger partial charge is 0.301 e. The van der Waals surface area contributed by atoms with Crippen LogP contribution in [0.15, 0.2) is 21.9 Å². The average molecular weight is 221 g/mol. The number of nitrogens with zero attached hydrogens (tertiary/aromatic N) is 3. The molecular formula is C11H15N3O2. The van der Waals surface area contributed by atoms with Crippen molar-refractivity contribution in [1.29, 1.82) is 5.26 Å². The van der Waals surface area contributed by atoms with Crippen molar-refractivity contribution in [3.05, 3.63) is 33.1 Å². The van der Waals surface area contributed by atoms with Crippen molar-refractivity contribution in [2.45, 2.75) is 39.3 Å². The van der Waals surface area contributed by atoms with Crippen LogP contribution in [-0.4, -0.2) is 9.13 Å². The summed E-state index contributed by atoms with van der Waals surface area (Å²) in [6, 6.07) is 3.43. The van der Waals surface area contributed by atoms with E-state index in [0.29, 0.717) is 32.4 Å². The van der Waals surface area contributed by atoms with Gasteiger partial charge < -0.3 is 4.57 Å². The molecule has 1 aromatic rings. The number of hydrogen-bond donors (Lipinski definition) is 0. The van der Waals surface area contributed by atoms with Gasteiger partial charge in [0.1, 0.15) is 0 Å². The molecule has 0 atom stereocenters. The fourth-order valence-electron chi connectivity index (χ4n) is 1.48. The zero-order chi connectivity index (χ0) is 12.0. The van der Waals surface area contributed by atoms with Gasteiger partial charge in [-0.15, -0.1) is 0 Å². The van der Waals surface area contributed by atoms with Gasteiger partial charge in [-0.25, -0.2) is 4.79 Å². The highest BCUT2D eigenvalue weighted by Gasteiger charge is 2.03. The molecule has 1 heterocycles. The fourth-order valence-corrected chi connectivity index (χ4v) is 1.48. The molecule has 1 aromatic heterocycles. The van der Waals surface area contributed by atoms with Gasteiger partial charge in [-0.3, -0.25) is 9.36 Å². The summed E-state index contributed by atoms with van der Waals surface area (Å²) in [6.07, 6.45) is 3.36. The Labute approximate surface area is 93.6 Å². The molecule has 0 aliphatic rings. The number of hydrogen-bond acceptors (Lipinski definition) is 3. The number of aryl methyl sites for hydroxylation is 1. The third-order valence-corrected chi connectivity index (χ3v) is 2.40. The minimum absolute atomic E-state index is 0.271. The van der Waals surface area contributed by atoms with Gasteiger partial charge in [-0.2, -0.15) is 5.26 Å². The zero-order valence-electron chi connectivity index (χ0n) is 9.35. The van der Waals surface area contributed by atoms with Crippen LogP contribution in [0.4, 0.5) is 0 Å². The predicted octanol–water partition coefficient (Wildman–Crippen LogP) is 0.724. The van der Waals surface area contributed by atoms with Crippen molar-refractivity contribution in [3.63, 3.8) is 0 Å². The van der Waals surface area contributed by atoms with Crippen molar-refractivity contribution in [3.8, 4) is 6.07 Å². The lowest BCUT2D eigenvalue weighted by Crippen LogP contribution is -2.38. The molecule has 0 unspecified atom stereocenters. The average Bonchev–Trinajstić information content (AvgIpc) is 2.28. The topological polar surface area (TPSA) is 67.8 Å². The Hall–Kier alpha value is -1.83. The number of nitriles is 1. The van der Waals surface area contributed by atoms with Crippen molar-refractivity contribution in [2.24, 2.45) is 0 Å². The molecule has 0 N–H and O–H groups in total. The normalized spacial score (nSPS) is 10.0. The molecule has 16 heavy (non-hydrogen) atoms. The Kier molecular flexibility index (Phi) is 4.52. The van der Waals surface area contributed by atoms with Crippen LogP contribution < -0.4 is 11.2 Å². The molecular weight excluding hydrogens is 206 g/mol. The van der Waals surface area contributed by atoms with E-state index in [2.05, 4.69) is 0 Å². The van der Waals surface area contributed by atoms with Crippen LogP contribution in [0.2, 0.25) is 0 Å². The molecule has 0 aromatic carbocycles. The van der Waals surface area contributed by atoms with Crippen LogP contribution in [0.25, 0.3) is 0 Å².